The van der Waals surface area contributed by atoms with Crippen LogP contribution in [0.4, 0.5) is 5.69 Å². The molecule has 2 N–H and O–H groups in total. The lowest BCUT2D eigenvalue weighted by atomic mass is 10.0. The molecule has 0 radical (unpaired) electrons. The maximum atomic E-state index is 8.29. The average molecular weight is 170 g/mol. The van der Waals surface area contributed by atoms with Gasteiger partial charge in [0.2, 0.25) is 0 Å². The van der Waals surface area contributed by atoms with Crippen molar-refractivity contribution in [2.24, 2.45) is 0 Å². The topological polar surface area (TPSA) is 49.8 Å². The average Bonchev–Trinajstić information content (AvgIpc) is 2.09. The molecule has 0 atom stereocenters. The Balaban J connectivity index is 3.30. The fraction of sp³-hybridized carbons (Fsp3) is 0.182. The highest BCUT2D eigenvalue weighted by atomic mass is 14.6. The summed E-state index contributed by atoms with van der Waals surface area (Å²) in [5.74, 6) is 5.04. The molecule has 0 heterocycles. The minimum absolute atomic E-state index is 0.661. The minimum atomic E-state index is 0.661. The lowest BCUT2D eigenvalue weighted by Crippen LogP contribution is -1.94. The lowest BCUT2D eigenvalue weighted by Gasteiger charge is -2.03. The van der Waals surface area contributed by atoms with Crippen LogP contribution in [-0.2, 0) is 0 Å². The van der Waals surface area contributed by atoms with Crippen LogP contribution >= 0.6 is 0 Å². The lowest BCUT2D eigenvalue weighted by molar-refractivity contribution is 1.37. The molecule has 0 fully saturated rings. The summed E-state index contributed by atoms with van der Waals surface area (Å²) in [6.07, 6.45) is 0. The molecule has 0 saturated heterocycles. The SMILES string of the molecule is Cc1cc(C)c(N)c(C#CC#N)c1. The third-order valence-corrected chi connectivity index (χ3v) is 1.78. The van der Waals surface area contributed by atoms with E-state index in [1.807, 2.05) is 26.0 Å². The summed E-state index contributed by atoms with van der Waals surface area (Å²) in [6.45, 7) is 3.91. The minimum Gasteiger partial charge on any atom is -0.398 e. The van der Waals surface area contributed by atoms with Crippen molar-refractivity contribution in [3.8, 4) is 17.9 Å². The molecule has 2 nitrogen and oxygen atoms in total. The predicted molar refractivity (Wildman–Crippen MR) is 52.8 cm³/mol. The molecule has 0 bridgehead atoms. The van der Waals surface area contributed by atoms with E-state index in [0.29, 0.717) is 5.69 Å². The van der Waals surface area contributed by atoms with E-state index < -0.39 is 0 Å². The Morgan fingerprint density at radius 2 is 2.00 bits per heavy atom. The summed E-state index contributed by atoms with van der Waals surface area (Å²) in [4.78, 5) is 0. The Kier molecular flexibility index (Phi) is 2.57. The number of anilines is 1. The number of nitrogens with zero attached hydrogens (tertiary/aromatic N) is 1. The molecule has 0 aliphatic heterocycles. The first kappa shape index (κ1) is 9.16. The van der Waals surface area contributed by atoms with Gasteiger partial charge in [-0.2, -0.15) is 5.26 Å². The van der Waals surface area contributed by atoms with Gasteiger partial charge >= 0.3 is 0 Å². The van der Waals surface area contributed by atoms with Gasteiger partial charge in [0.1, 0.15) is 0 Å². The van der Waals surface area contributed by atoms with E-state index in [-0.39, 0.29) is 0 Å². The zero-order valence-electron chi connectivity index (χ0n) is 7.68. The van der Waals surface area contributed by atoms with Crippen LogP contribution in [0.15, 0.2) is 12.1 Å². The number of rotatable bonds is 0. The zero-order chi connectivity index (χ0) is 9.84. The third-order valence-electron chi connectivity index (χ3n) is 1.78. The highest BCUT2D eigenvalue weighted by Gasteiger charge is 1.99. The van der Waals surface area contributed by atoms with Gasteiger partial charge in [-0.05, 0) is 37.0 Å². The molecule has 1 aromatic rings. The van der Waals surface area contributed by atoms with Crippen molar-refractivity contribution in [3.05, 3.63) is 28.8 Å². The zero-order valence-corrected chi connectivity index (χ0v) is 7.68. The van der Waals surface area contributed by atoms with E-state index in [9.17, 15) is 0 Å². The van der Waals surface area contributed by atoms with E-state index in [4.69, 9.17) is 11.0 Å². The number of aryl methyl sites for hydroxylation is 2. The van der Waals surface area contributed by atoms with E-state index >= 15 is 0 Å². The highest BCUT2D eigenvalue weighted by Crippen LogP contribution is 2.17. The Labute approximate surface area is 78.0 Å². The summed E-state index contributed by atoms with van der Waals surface area (Å²) in [7, 11) is 0. The largest absolute Gasteiger partial charge is 0.398 e. The molecular formula is C11H10N2. The maximum Gasteiger partial charge on any atom is 0.152 e. The van der Waals surface area contributed by atoms with E-state index in [1.54, 1.807) is 6.07 Å². The van der Waals surface area contributed by atoms with E-state index in [0.717, 1.165) is 16.7 Å². The molecule has 0 aliphatic rings. The summed E-state index contributed by atoms with van der Waals surface area (Å²) in [5.41, 5.74) is 9.28. The first-order chi connectivity index (χ1) is 6.15. The number of hydrogen-bond donors (Lipinski definition) is 1. The number of hydrogen-bond acceptors (Lipinski definition) is 2. The maximum absolute atomic E-state index is 8.29. The molecule has 0 aromatic heterocycles. The predicted octanol–water partition coefficient (Wildman–Crippen LogP) is 1.76. The van der Waals surface area contributed by atoms with Crippen LogP contribution in [0.2, 0.25) is 0 Å². The van der Waals surface area contributed by atoms with Gasteiger partial charge in [-0.25, -0.2) is 0 Å². The van der Waals surface area contributed by atoms with Crippen LogP contribution in [0.1, 0.15) is 16.7 Å². The summed E-state index contributed by atoms with van der Waals surface area (Å²) < 4.78 is 0. The van der Waals surface area contributed by atoms with Crippen molar-refractivity contribution in [2.45, 2.75) is 13.8 Å². The fourth-order valence-corrected chi connectivity index (χ4v) is 1.18. The Hall–Kier alpha value is -1.93. The van der Waals surface area contributed by atoms with Crippen LogP contribution < -0.4 is 5.73 Å². The van der Waals surface area contributed by atoms with Gasteiger partial charge in [-0.15, -0.1) is 0 Å². The second-order valence-corrected chi connectivity index (χ2v) is 2.90. The van der Waals surface area contributed by atoms with Crippen molar-refractivity contribution in [2.75, 3.05) is 5.73 Å². The molecule has 2 heteroatoms. The summed E-state index contributed by atoms with van der Waals surface area (Å²) in [6, 6.07) is 5.64. The van der Waals surface area contributed by atoms with Crippen LogP contribution in [0.5, 0.6) is 0 Å². The Bertz CT molecular complexity index is 428. The monoisotopic (exact) mass is 170 g/mol. The van der Waals surface area contributed by atoms with Crippen LogP contribution in [0.3, 0.4) is 0 Å². The van der Waals surface area contributed by atoms with Gasteiger partial charge in [0.05, 0.1) is 5.69 Å². The molecular weight excluding hydrogens is 160 g/mol. The van der Waals surface area contributed by atoms with Gasteiger partial charge in [-0.1, -0.05) is 6.07 Å². The molecule has 13 heavy (non-hydrogen) atoms. The summed E-state index contributed by atoms with van der Waals surface area (Å²) >= 11 is 0. The van der Waals surface area contributed by atoms with Crippen molar-refractivity contribution in [3.63, 3.8) is 0 Å². The first-order valence-electron chi connectivity index (χ1n) is 3.92. The standard InChI is InChI=1S/C11H10N2/c1-8-6-9(2)11(13)10(7-8)4-3-5-12/h6-7H,13H2,1-2H3. The molecule has 0 unspecified atom stereocenters. The van der Waals surface area contributed by atoms with Crippen molar-refractivity contribution >= 4 is 5.69 Å². The molecule has 0 aliphatic carbocycles. The smallest absolute Gasteiger partial charge is 0.152 e. The number of nitrogens with two attached hydrogens (primary N) is 1. The number of nitrogen functional groups attached to an aromatic ring is 1. The summed E-state index contributed by atoms with van der Waals surface area (Å²) in [5, 5.41) is 8.29. The van der Waals surface area contributed by atoms with Crippen molar-refractivity contribution in [1.29, 1.82) is 5.26 Å². The van der Waals surface area contributed by atoms with Gasteiger partial charge in [-0.3, -0.25) is 0 Å². The first-order valence-corrected chi connectivity index (χ1v) is 3.92. The molecule has 0 spiro atoms. The van der Waals surface area contributed by atoms with E-state index in [1.165, 1.54) is 0 Å². The second-order valence-electron chi connectivity index (χ2n) is 2.90. The van der Waals surface area contributed by atoms with Crippen LogP contribution in [-0.4, -0.2) is 0 Å². The second kappa shape index (κ2) is 3.65. The Morgan fingerprint density at radius 3 is 2.62 bits per heavy atom. The quantitative estimate of drug-likeness (QED) is 0.476. The van der Waals surface area contributed by atoms with Gasteiger partial charge < -0.3 is 5.73 Å². The molecule has 0 amide bonds. The van der Waals surface area contributed by atoms with Gasteiger partial charge in [0, 0.05) is 11.5 Å². The van der Waals surface area contributed by atoms with E-state index in [2.05, 4.69) is 11.8 Å². The molecule has 64 valence electrons. The Morgan fingerprint density at radius 1 is 1.31 bits per heavy atom. The third kappa shape index (κ3) is 2.01. The molecule has 1 rings (SSSR count). The molecule has 0 saturated carbocycles. The van der Waals surface area contributed by atoms with Crippen molar-refractivity contribution in [1.82, 2.24) is 0 Å². The number of nitriles is 1. The van der Waals surface area contributed by atoms with Gasteiger partial charge in [0.25, 0.3) is 0 Å². The van der Waals surface area contributed by atoms with Gasteiger partial charge in [0.15, 0.2) is 6.07 Å². The van der Waals surface area contributed by atoms with Crippen LogP contribution in [0, 0.1) is 37.0 Å². The number of benzene rings is 1. The van der Waals surface area contributed by atoms with Crippen molar-refractivity contribution < 1.29 is 0 Å². The fourth-order valence-electron chi connectivity index (χ4n) is 1.18. The normalized spacial score (nSPS) is 8.38. The highest BCUT2D eigenvalue weighted by molar-refractivity contribution is 5.62. The molecule has 1 aromatic carbocycles. The van der Waals surface area contributed by atoms with Crippen LogP contribution in [0.25, 0.3) is 0 Å².